The molecule has 2 aromatic carbocycles. The highest BCUT2D eigenvalue weighted by Gasteiger charge is 2.19. The van der Waals surface area contributed by atoms with E-state index in [0.717, 1.165) is 17.8 Å². The van der Waals surface area contributed by atoms with Crippen LogP contribution in [0.1, 0.15) is 24.4 Å². The molecule has 0 amide bonds. The molecular formula is C19H22N3O2+. The van der Waals surface area contributed by atoms with Gasteiger partial charge in [-0.2, -0.15) is 0 Å². The Bertz CT molecular complexity index is 887. The van der Waals surface area contributed by atoms with Crippen LogP contribution in [0.3, 0.4) is 0 Å². The van der Waals surface area contributed by atoms with Crippen molar-refractivity contribution < 1.29 is 9.64 Å². The molecule has 124 valence electrons. The molecular weight excluding hydrogens is 302 g/mol. The number of benzene rings is 2. The molecule has 1 aromatic heterocycles. The Morgan fingerprint density at radius 1 is 1.17 bits per heavy atom. The van der Waals surface area contributed by atoms with Gasteiger partial charge in [0.1, 0.15) is 18.3 Å². The number of H-pyrrole nitrogens is 1. The van der Waals surface area contributed by atoms with E-state index in [9.17, 15) is 4.79 Å². The van der Waals surface area contributed by atoms with Crippen LogP contribution < -0.4 is 15.2 Å². The van der Waals surface area contributed by atoms with Crippen molar-refractivity contribution >= 4 is 10.9 Å². The number of aromatic amines is 1. The van der Waals surface area contributed by atoms with Crippen LogP contribution in [-0.4, -0.2) is 24.1 Å². The third-order valence-corrected chi connectivity index (χ3v) is 4.42. The molecule has 2 atom stereocenters. The average molecular weight is 324 g/mol. The lowest BCUT2D eigenvalue weighted by Gasteiger charge is -2.21. The van der Waals surface area contributed by atoms with E-state index in [2.05, 4.69) is 36.1 Å². The lowest BCUT2D eigenvalue weighted by molar-refractivity contribution is -0.924. The van der Waals surface area contributed by atoms with E-state index in [1.54, 1.807) is 13.2 Å². The third-order valence-electron chi connectivity index (χ3n) is 4.42. The molecule has 24 heavy (non-hydrogen) atoms. The maximum absolute atomic E-state index is 12.2. The Morgan fingerprint density at radius 2 is 1.88 bits per heavy atom. The van der Waals surface area contributed by atoms with E-state index in [0.29, 0.717) is 11.2 Å². The molecule has 5 nitrogen and oxygen atoms in total. The van der Waals surface area contributed by atoms with Gasteiger partial charge in [-0.15, -0.1) is 0 Å². The number of nitrogens with zero attached hydrogens (tertiary/aromatic N) is 1. The minimum absolute atomic E-state index is 0.0735. The van der Waals surface area contributed by atoms with Crippen LogP contribution in [0.15, 0.2) is 53.3 Å². The molecule has 0 aliphatic heterocycles. The Kier molecular flexibility index (Phi) is 4.62. The lowest BCUT2D eigenvalue weighted by Crippen LogP contribution is -3.07. The molecule has 5 heteroatoms. The Balaban J connectivity index is 1.82. The van der Waals surface area contributed by atoms with Gasteiger partial charge in [-0.1, -0.05) is 12.1 Å². The summed E-state index contributed by atoms with van der Waals surface area (Å²) in [6.07, 6.45) is 0. The normalized spacial score (nSPS) is 13.6. The van der Waals surface area contributed by atoms with E-state index < -0.39 is 0 Å². The summed E-state index contributed by atoms with van der Waals surface area (Å²) in [4.78, 5) is 21.0. The summed E-state index contributed by atoms with van der Waals surface area (Å²) in [6, 6.07) is 15.5. The van der Waals surface area contributed by atoms with Crippen molar-refractivity contribution in [3.63, 3.8) is 0 Å². The van der Waals surface area contributed by atoms with E-state index in [-0.39, 0.29) is 11.6 Å². The molecule has 1 heterocycles. The van der Waals surface area contributed by atoms with Crippen molar-refractivity contribution in [2.45, 2.75) is 19.5 Å². The van der Waals surface area contributed by atoms with Crippen molar-refractivity contribution in [1.29, 1.82) is 0 Å². The van der Waals surface area contributed by atoms with Crippen LogP contribution in [0, 0.1) is 0 Å². The fourth-order valence-electron chi connectivity index (χ4n) is 2.76. The van der Waals surface area contributed by atoms with Gasteiger partial charge in [-0.05, 0) is 43.3 Å². The number of quaternary nitrogens is 1. The highest BCUT2D eigenvalue weighted by molar-refractivity contribution is 5.77. The zero-order valence-electron chi connectivity index (χ0n) is 14.2. The quantitative estimate of drug-likeness (QED) is 0.751. The van der Waals surface area contributed by atoms with Gasteiger partial charge in [0, 0.05) is 5.56 Å². The van der Waals surface area contributed by atoms with Crippen molar-refractivity contribution in [2.75, 3.05) is 14.2 Å². The summed E-state index contributed by atoms with van der Waals surface area (Å²) in [5.41, 5.74) is 1.86. The van der Waals surface area contributed by atoms with E-state index in [4.69, 9.17) is 4.74 Å². The minimum atomic E-state index is -0.0836. The van der Waals surface area contributed by atoms with Crippen LogP contribution in [0.5, 0.6) is 5.75 Å². The maximum atomic E-state index is 12.2. The zero-order valence-corrected chi connectivity index (χ0v) is 14.2. The fraction of sp³-hybridized carbons (Fsp3) is 0.263. The van der Waals surface area contributed by atoms with E-state index >= 15 is 0 Å². The largest absolute Gasteiger partial charge is 0.497 e. The minimum Gasteiger partial charge on any atom is -0.497 e. The maximum Gasteiger partial charge on any atom is 0.258 e. The van der Waals surface area contributed by atoms with E-state index in [1.165, 1.54) is 10.5 Å². The molecule has 0 fully saturated rings. The van der Waals surface area contributed by atoms with Gasteiger partial charge in [-0.25, -0.2) is 4.98 Å². The number of ether oxygens (including phenoxy) is 1. The van der Waals surface area contributed by atoms with Gasteiger partial charge in [-0.3, -0.25) is 4.79 Å². The van der Waals surface area contributed by atoms with Crippen LogP contribution in [0.2, 0.25) is 0 Å². The standard InChI is InChI=1S/C19H21N3O2/c1-13(22(2)12-14-8-10-15(24-3)11-9-14)18-20-17-7-5-4-6-16(17)19(23)21-18/h4-11,13H,12H2,1-3H3,(H,20,21,23)/p+1/t13-/m0/s1. The number of hydrogen-bond donors (Lipinski definition) is 2. The number of para-hydroxylation sites is 1. The summed E-state index contributed by atoms with van der Waals surface area (Å²) in [5.74, 6) is 1.56. The smallest absolute Gasteiger partial charge is 0.258 e. The molecule has 0 aliphatic carbocycles. The molecule has 0 saturated carbocycles. The van der Waals surface area contributed by atoms with Gasteiger partial charge >= 0.3 is 0 Å². The number of nitrogens with one attached hydrogen (secondary N) is 2. The van der Waals surface area contributed by atoms with E-state index in [1.807, 2.05) is 30.3 Å². The van der Waals surface area contributed by atoms with Gasteiger partial charge in [0.2, 0.25) is 0 Å². The van der Waals surface area contributed by atoms with Crippen LogP contribution >= 0.6 is 0 Å². The summed E-state index contributed by atoms with van der Waals surface area (Å²) in [7, 11) is 3.76. The second-order valence-electron chi connectivity index (χ2n) is 6.06. The van der Waals surface area contributed by atoms with Crippen molar-refractivity contribution in [1.82, 2.24) is 9.97 Å². The SMILES string of the molecule is COc1ccc(C[NH+](C)[C@@H](C)c2nc3ccccc3c(=O)[nH]2)cc1. The summed E-state index contributed by atoms with van der Waals surface area (Å²) < 4.78 is 5.19. The first-order chi connectivity index (χ1) is 11.6. The molecule has 0 saturated heterocycles. The second kappa shape index (κ2) is 6.84. The number of rotatable bonds is 5. The second-order valence-corrected chi connectivity index (χ2v) is 6.06. The van der Waals surface area contributed by atoms with Crippen molar-refractivity contribution in [3.05, 3.63) is 70.3 Å². The van der Waals surface area contributed by atoms with Crippen molar-refractivity contribution in [2.24, 2.45) is 0 Å². The first kappa shape index (κ1) is 16.2. The third kappa shape index (κ3) is 3.31. The molecule has 1 unspecified atom stereocenters. The van der Waals surface area contributed by atoms with Gasteiger partial charge in [0.25, 0.3) is 5.56 Å². The Labute approximate surface area is 140 Å². The average Bonchev–Trinajstić information content (AvgIpc) is 2.61. The molecule has 0 spiro atoms. The highest BCUT2D eigenvalue weighted by atomic mass is 16.5. The zero-order chi connectivity index (χ0) is 17.1. The summed E-state index contributed by atoms with van der Waals surface area (Å²) >= 11 is 0. The monoisotopic (exact) mass is 324 g/mol. The fourth-order valence-corrected chi connectivity index (χ4v) is 2.76. The van der Waals surface area contributed by atoms with Crippen LogP contribution in [0.25, 0.3) is 10.9 Å². The first-order valence-electron chi connectivity index (χ1n) is 8.02. The highest BCUT2D eigenvalue weighted by Crippen LogP contribution is 2.12. The first-order valence-corrected chi connectivity index (χ1v) is 8.02. The predicted molar refractivity (Wildman–Crippen MR) is 94.4 cm³/mol. The summed E-state index contributed by atoms with van der Waals surface area (Å²) in [6.45, 7) is 2.91. The molecule has 0 aliphatic rings. The van der Waals surface area contributed by atoms with Crippen molar-refractivity contribution in [3.8, 4) is 5.75 Å². The number of fused-ring (bicyclic) bond motifs is 1. The Hall–Kier alpha value is -2.66. The molecule has 0 radical (unpaired) electrons. The lowest BCUT2D eigenvalue weighted by atomic mass is 10.1. The molecule has 3 rings (SSSR count). The van der Waals surface area contributed by atoms with Crippen LogP contribution in [0.4, 0.5) is 0 Å². The Morgan fingerprint density at radius 3 is 2.58 bits per heavy atom. The number of aromatic nitrogens is 2. The van der Waals surface area contributed by atoms with Gasteiger partial charge in [0.05, 0.1) is 25.1 Å². The van der Waals surface area contributed by atoms with Gasteiger partial charge in [0.15, 0.2) is 5.82 Å². The topological polar surface area (TPSA) is 59.4 Å². The predicted octanol–water partition coefficient (Wildman–Crippen LogP) is 1.71. The number of hydrogen-bond acceptors (Lipinski definition) is 3. The van der Waals surface area contributed by atoms with Gasteiger partial charge < -0.3 is 14.6 Å². The molecule has 3 aromatic rings. The number of methoxy groups -OCH3 is 1. The van der Waals surface area contributed by atoms with Crippen LogP contribution in [-0.2, 0) is 6.54 Å². The molecule has 0 bridgehead atoms. The molecule has 2 N–H and O–H groups in total. The summed E-state index contributed by atoms with van der Waals surface area (Å²) in [5, 5.41) is 0.626.